The lowest BCUT2D eigenvalue weighted by atomic mass is 9.85. The molecule has 4 aromatic rings. The van der Waals surface area contributed by atoms with Gasteiger partial charge in [-0.05, 0) is 60.7 Å². The molecule has 0 aliphatic carbocycles. The summed E-state index contributed by atoms with van der Waals surface area (Å²) in [4.78, 5) is 12.2. The summed E-state index contributed by atoms with van der Waals surface area (Å²) in [6.45, 7) is 6.02. The highest BCUT2D eigenvalue weighted by Crippen LogP contribution is 2.57. The van der Waals surface area contributed by atoms with E-state index in [4.69, 9.17) is 4.74 Å². The van der Waals surface area contributed by atoms with Gasteiger partial charge in [0.2, 0.25) is 0 Å². The summed E-state index contributed by atoms with van der Waals surface area (Å²) in [7, 11) is -1.69. The zero-order valence-corrected chi connectivity index (χ0v) is 22.9. The fourth-order valence-electron chi connectivity index (χ4n) is 5.26. The highest BCUT2D eigenvalue weighted by atomic mass is 32.3. The Morgan fingerprint density at radius 1 is 1.18 bits per heavy atom. The van der Waals surface area contributed by atoms with Crippen molar-refractivity contribution < 1.29 is 28.1 Å². The van der Waals surface area contributed by atoms with Crippen molar-refractivity contribution in [2.75, 3.05) is 6.54 Å². The molecule has 1 aliphatic rings. The number of benzene rings is 3. The van der Waals surface area contributed by atoms with Gasteiger partial charge in [-0.3, -0.25) is 13.9 Å². The monoisotopic (exact) mass is 554 g/mol. The maximum atomic E-state index is 15.7. The molecule has 39 heavy (non-hydrogen) atoms. The summed E-state index contributed by atoms with van der Waals surface area (Å²) < 4.78 is 47.4. The quantitative estimate of drug-likeness (QED) is 0.280. The Morgan fingerprint density at radius 2 is 1.92 bits per heavy atom. The molecule has 9 nitrogen and oxygen atoms in total. The first-order valence-corrected chi connectivity index (χ1v) is 14.1. The molecule has 0 amide bonds. The van der Waals surface area contributed by atoms with E-state index < -0.39 is 28.5 Å². The second-order valence-electron chi connectivity index (χ2n) is 10.1. The molecule has 5 rings (SSSR count). The van der Waals surface area contributed by atoms with Crippen LogP contribution in [-0.2, 0) is 18.4 Å². The van der Waals surface area contributed by atoms with Crippen LogP contribution in [0.2, 0.25) is 0 Å². The Morgan fingerprint density at radius 3 is 2.67 bits per heavy atom. The molecule has 1 aliphatic heterocycles. The van der Waals surface area contributed by atoms with Gasteiger partial charge in [0.05, 0.1) is 18.5 Å². The molecule has 1 unspecified atom stereocenters. The molecule has 3 aromatic carbocycles. The third-order valence-corrected chi connectivity index (χ3v) is 9.13. The fraction of sp³-hybridized carbons (Fsp3) is 0.321. The standard InChI is InChI=1S/C28H31FN4O5S/c1-16-9-10-19(21(13-25(34)35)22-11-17(2)28-27(26(22)29)30-31-32(28)4)12-20(16)15-33-14-18(3)38-23-7-5-6-8-24(23)39(33,36)37/h5-12,18,21,36-37H,13-15H2,1-4H3,(H,34,35)/t18-,21?/m1/s1. The van der Waals surface area contributed by atoms with Crippen molar-refractivity contribution in [2.24, 2.45) is 7.05 Å². The van der Waals surface area contributed by atoms with Gasteiger partial charge < -0.3 is 9.84 Å². The van der Waals surface area contributed by atoms with E-state index in [1.807, 2.05) is 32.9 Å². The molecule has 0 saturated carbocycles. The van der Waals surface area contributed by atoms with Crippen LogP contribution in [0.1, 0.15) is 47.1 Å². The van der Waals surface area contributed by atoms with Gasteiger partial charge in [-0.25, -0.2) is 9.07 Å². The van der Waals surface area contributed by atoms with Gasteiger partial charge in [0.25, 0.3) is 0 Å². The van der Waals surface area contributed by atoms with Gasteiger partial charge in [-0.15, -0.1) is 15.9 Å². The van der Waals surface area contributed by atoms with Crippen LogP contribution in [0, 0.1) is 19.7 Å². The van der Waals surface area contributed by atoms with Crippen LogP contribution in [0.25, 0.3) is 11.0 Å². The first kappa shape index (κ1) is 27.1. The predicted octanol–water partition coefficient (Wildman–Crippen LogP) is 5.64. The summed E-state index contributed by atoms with van der Waals surface area (Å²) in [5.74, 6) is -2.02. The van der Waals surface area contributed by atoms with E-state index in [9.17, 15) is 19.0 Å². The van der Waals surface area contributed by atoms with E-state index in [1.165, 1.54) is 4.68 Å². The van der Waals surface area contributed by atoms with Crippen LogP contribution in [0.3, 0.4) is 0 Å². The lowest BCUT2D eigenvalue weighted by Gasteiger charge is -2.42. The number of aromatic nitrogens is 3. The zero-order chi connectivity index (χ0) is 28.1. The minimum absolute atomic E-state index is 0.0985. The van der Waals surface area contributed by atoms with Crippen molar-refractivity contribution in [3.8, 4) is 5.75 Å². The number of carboxylic acid groups (broad SMARTS) is 1. The number of fused-ring (bicyclic) bond motifs is 2. The Balaban J connectivity index is 1.57. The Labute approximate surface area is 227 Å². The average molecular weight is 555 g/mol. The highest BCUT2D eigenvalue weighted by molar-refractivity contribution is 8.22. The second kappa shape index (κ2) is 10.2. The molecular formula is C28H31FN4O5S. The Bertz CT molecular complexity index is 1570. The number of nitrogens with zero attached hydrogens (tertiary/aromatic N) is 4. The van der Waals surface area contributed by atoms with Crippen LogP contribution >= 0.6 is 10.8 Å². The number of halogens is 1. The maximum Gasteiger partial charge on any atom is 0.304 e. The first-order chi connectivity index (χ1) is 18.5. The van der Waals surface area contributed by atoms with Gasteiger partial charge in [0, 0.05) is 19.5 Å². The van der Waals surface area contributed by atoms with E-state index >= 15 is 4.39 Å². The molecule has 11 heteroatoms. The molecule has 3 N–H and O–H groups in total. The zero-order valence-electron chi connectivity index (χ0n) is 22.1. The van der Waals surface area contributed by atoms with Crippen molar-refractivity contribution in [3.05, 3.63) is 82.2 Å². The number of aryl methyl sites for hydroxylation is 3. The van der Waals surface area contributed by atoms with Gasteiger partial charge in [0.15, 0.2) is 5.82 Å². The number of para-hydroxylation sites is 1. The smallest absolute Gasteiger partial charge is 0.304 e. The normalized spacial score (nSPS) is 18.7. The molecule has 0 spiro atoms. The van der Waals surface area contributed by atoms with Gasteiger partial charge in [0.1, 0.15) is 22.3 Å². The maximum absolute atomic E-state index is 15.7. The molecule has 0 fully saturated rings. The minimum Gasteiger partial charge on any atom is -0.487 e. The molecule has 0 bridgehead atoms. The molecule has 0 saturated heterocycles. The third-order valence-electron chi connectivity index (χ3n) is 7.20. The summed E-state index contributed by atoms with van der Waals surface area (Å²) in [5, 5.41) is 17.7. The lowest BCUT2D eigenvalue weighted by Crippen LogP contribution is -2.33. The lowest BCUT2D eigenvalue weighted by molar-refractivity contribution is -0.137. The Hall–Kier alpha value is -3.51. The summed E-state index contributed by atoms with van der Waals surface area (Å²) >= 11 is 0. The summed E-state index contributed by atoms with van der Waals surface area (Å²) in [5.41, 5.74) is 3.88. The largest absolute Gasteiger partial charge is 0.487 e. The van der Waals surface area contributed by atoms with Gasteiger partial charge in [-0.1, -0.05) is 41.6 Å². The summed E-state index contributed by atoms with van der Waals surface area (Å²) in [6.07, 6.45) is -0.638. The SMILES string of the molecule is Cc1ccc(C(CC(=O)O)c2cc(C)c3c(nnn3C)c2F)cc1CN1C[C@@H](C)Oc2ccccc2S1(O)O. The number of carbonyl (C=O) groups is 1. The second-order valence-corrected chi connectivity index (χ2v) is 12.1. The van der Waals surface area contributed by atoms with Crippen molar-refractivity contribution in [1.82, 2.24) is 19.3 Å². The van der Waals surface area contributed by atoms with Crippen LogP contribution in [0.4, 0.5) is 4.39 Å². The van der Waals surface area contributed by atoms with E-state index in [0.717, 1.165) is 16.7 Å². The van der Waals surface area contributed by atoms with Crippen LogP contribution < -0.4 is 4.74 Å². The van der Waals surface area contributed by atoms with E-state index in [-0.39, 0.29) is 36.7 Å². The number of aliphatic carboxylic acids is 1. The summed E-state index contributed by atoms with van der Waals surface area (Å²) in [6, 6.07) is 14.0. The predicted molar refractivity (Wildman–Crippen MR) is 147 cm³/mol. The van der Waals surface area contributed by atoms with Crippen LogP contribution in [-0.4, -0.2) is 52.1 Å². The molecule has 206 valence electrons. The molecule has 0 radical (unpaired) electrons. The number of rotatable bonds is 6. The van der Waals surface area contributed by atoms with Crippen molar-refractivity contribution in [3.63, 3.8) is 0 Å². The van der Waals surface area contributed by atoms with Crippen molar-refractivity contribution >= 4 is 27.8 Å². The first-order valence-electron chi connectivity index (χ1n) is 12.6. The number of carboxylic acids is 1. The molecule has 2 atom stereocenters. The molecule has 2 heterocycles. The van der Waals surface area contributed by atoms with Crippen molar-refractivity contribution in [1.29, 1.82) is 0 Å². The fourth-order valence-corrected chi connectivity index (χ4v) is 6.93. The minimum atomic E-state index is -3.37. The van der Waals surface area contributed by atoms with Crippen LogP contribution in [0.5, 0.6) is 5.75 Å². The molecular weight excluding hydrogens is 523 g/mol. The Kier molecular flexibility index (Phi) is 7.10. The molecule has 1 aromatic heterocycles. The third kappa shape index (κ3) is 4.98. The van der Waals surface area contributed by atoms with E-state index in [2.05, 4.69) is 10.3 Å². The van der Waals surface area contributed by atoms with Gasteiger partial charge >= 0.3 is 5.97 Å². The topological polar surface area (TPSA) is 121 Å². The van der Waals surface area contributed by atoms with Crippen molar-refractivity contribution in [2.45, 2.75) is 50.7 Å². The number of hydrogen-bond donors (Lipinski definition) is 3. The van der Waals surface area contributed by atoms with E-state index in [1.54, 1.807) is 47.8 Å². The van der Waals surface area contributed by atoms with E-state index in [0.29, 0.717) is 21.7 Å². The average Bonchev–Trinajstić information content (AvgIpc) is 3.24. The number of ether oxygens (including phenoxy) is 1. The highest BCUT2D eigenvalue weighted by Gasteiger charge is 2.34. The van der Waals surface area contributed by atoms with Gasteiger partial charge in [-0.2, -0.15) is 4.31 Å². The van der Waals surface area contributed by atoms with Crippen LogP contribution in [0.15, 0.2) is 53.4 Å². The number of hydrogen-bond acceptors (Lipinski definition) is 7.